The number of hydrogen-bond donors (Lipinski definition) is 0. The number of fused-ring (bicyclic) bond motifs is 1. The lowest BCUT2D eigenvalue weighted by atomic mass is 10.2. The van der Waals surface area contributed by atoms with E-state index in [4.69, 9.17) is 14.7 Å². The monoisotopic (exact) mass is 285 g/mol. The van der Waals surface area contributed by atoms with Gasteiger partial charge < -0.3 is 9.47 Å². The molecule has 0 saturated heterocycles. The Morgan fingerprint density at radius 1 is 1.35 bits per heavy atom. The molecule has 0 N–H and O–H groups in total. The van der Waals surface area contributed by atoms with Gasteiger partial charge in [0.1, 0.15) is 18.1 Å². The van der Waals surface area contributed by atoms with E-state index in [1.807, 2.05) is 22.2 Å². The number of ether oxygens (including phenoxy) is 2. The molecule has 2 heterocycles. The van der Waals surface area contributed by atoms with Crippen LogP contribution in [-0.4, -0.2) is 16.5 Å². The molecule has 3 rings (SSSR count). The number of aromatic nitrogens is 2. The SMILES string of the molecule is COc1cc(C#N)cc(OCc2cn3ccsc3n2)c1. The Bertz CT molecular complexity index is 757. The quantitative estimate of drug-likeness (QED) is 0.739. The third-order valence-electron chi connectivity index (χ3n) is 2.77. The van der Waals surface area contributed by atoms with Crippen LogP contribution in [0.3, 0.4) is 0 Å². The van der Waals surface area contributed by atoms with Crippen LogP contribution in [0.15, 0.2) is 36.0 Å². The zero-order valence-electron chi connectivity index (χ0n) is 10.7. The Morgan fingerprint density at radius 3 is 2.95 bits per heavy atom. The summed E-state index contributed by atoms with van der Waals surface area (Å²) in [6.45, 7) is 0.354. The number of thiazole rings is 1. The molecule has 0 aliphatic rings. The third kappa shape index (κ3) is 2.44. The minimum Gasteiger partial charge on any atom is -0.497 e. The van der Waals surface area contributed by atoms with Crippen molar-refractivity contribution in [3.8, 4) is 17.6 Å². The Kier molecular flexibility index (Phi) is 3.27. The van der Waals surface area contributed by atoms with Crippen LogP contribution in [-0.2, 0) is 6.61 Å². The summed E-state index contributed by atoms with van der Waals surface area (Å²) in [6, 6.07) is 7.18. The summed E-state index contributed by atoms with van der Waals surface area (Å²) < 4.78 is 12.8. The average molecular weight is 285 g/mol. The summed E-state index contributed by atoms with van der Waals surface area (Å²) in [5, 5.41) is 10.9. The molecule has 6 heteroatoms. The van der Waals surface area contributed by atoms with Crippen LogP contribution in [0.4, 0.5) is 0 Å². The highest BCUT2D eigenvalue weighted by Crippen LogP contribution is 2.23. The fourth-order valence-corrected chi connectivity index (χ4v) is 2.56. The van der Waals surface area contributed by atoms with Crippen molar-refractivity contribution in [2.24, 2.45) is 0 Å². The van der Waals surface area contributed by atoms with Crippen molar-refractivity contribution in [3.63, 3.8) is 0 Å². The Balaban J connectivity index is 1.77. The highest BCUT2D eigenvalue weighted by atomic mass is 32.1. The lowest BCUT2D eigenvalue weighted by Crippen LogP contribution is -1.96. The van der Waals surface area contributed by atoms with E-state index >= 15 is 0 Å². The van der Waals surface area contributed by atoms with Crippen molar-refractivity contribution in [1.29, 1.82) is 5.26 Å². The molecule has 0 aliphatic heterocycles. The van der Waals surface area contributed by atoms with E-state index in [1.165, 1.54) is 0 Å². The molecule has 0 fully saturated rings. The summed E-state index contributed by atoms with van der Waals surface area (Å²) in [5.41, 5.74) is 1.35. The van der Waals surface area contributed by atoms with E-state index in [-0.39, 0.29) is 0 Å². The van der Waals surface area contributed by atoms with Gasteiger partial charge in [-0.1, -0.05) is 0 Å². The van der Waals surface area contributed by atoms with Gasteiger partial charge in [-0.3, -0.25) is 4.40 Å². The van der Waals surface area contributed by atoms with E-state index in [0.717, 1.165) is 10.7 Å². The predicted octanol–water partition coefficient (Wildman–Crippen LogP) is 2.86. The van der Waals surface area contributed by atoms with Crippen LogP contribution < -0.4 is 9.47 Å². The number of hydrogen-bond acceptors (Lipinski definition) is 5. The normalized spacial score (nSPS) is 10.4. The maximum Gasteiger partial charge on any atom is 0.193 e. The number of nitriles is 1. The molecule has 100 valence electrons. The maximum absolute atomic E-state index is 8.96. The van der Waals surface area contributed by atoms with Gasteiger partial charge in [-0.05, 0) is 12.1 Å². The molecule has 2 aromatic heterocycles. The van der Waals surface area contributed by atoms with Crippen molar-refractivity contribution in [2.45, 2.75) is 6.61 Å². The lowest BCUT2D eigenvalue weighted by Gasteiger charge is -2.07. The molecule has 0 bridgehead atoms. The van der Waals surface area contributed by atoms with Gasteiger partial charge in [-0.2, -0.15) is 5.26 Å². The van der Waals surface area contributed by atoms with Crippen molar-refractivity contribution in [2.75, 3.05) is 7.11 Å². The van der Waals surface area contributed by atoms with Crippen LogP contribution in [0.25, 0.3) is 4.96 Å². The Morgan fingerprint density at radius 2 is 2.20 bits per heavy atom. The van der Waals surface area contributed by atoms with Crippen molar-refractivity contribution < 1.29 is 9.47 Å². The summed E-state index contributed by atoms with van der Waals surface area (Å²) in [7, 11) is 1.56. The Labute approximate surface area is 119 Å². The molecule has 0 radical (unpaired) electrons. The van der Waals surface area contributed by atoms with Gasteiger partial charge in [0.25, 0.3) is 0 Å². The number of rotatable bonds is 4. The third-order valence-corrected chi connectivity index (χ3v) is 3.55. The van der Waals surface area contributed by atoms with Crippen LogP contribution in [0.1, 0.15) is 11.3 Å². The highest BCUT2D eigenvalue weighted by Gasteiger charge is 2.06. The first-order valence-electron chi connectivity index (χ1n) is 5.91. The van der Waals surface area contributed by atoms with E-state index in [2.05, 4.69) is 11.1 Å². The fraction of sp³-hybridized carbons (Fsp3) is 0.143. The van der Waals surface area contributed by atoms with Crippen molar-refractivity contribution >= 4 is 16.3 Å². The average Bonchev–Trinajstić information content (AvgIpc) is 3.05. The largest absolute Gasteiger partial charge is 0.497 e. The smallest absolute Gasteiger partial charge is 0.193 e. The molecule has 20 heavy (non-hydrogen) atoms. The standard InChI is InChI=1S/C14H11N3O2S/c1-18-12-4-10(7-15)5-13(6-12)19-9-11-8-17-2-3-20-14(17)16-11/h2-6,8H,9H2,1H3. The van der Waals surface area contributed by atoms with E-state index in [9.17, 15) is 0 Å². The van der Waals surface area contributed by atoms with Crippen LogP contribution in [0.2, 0.25) is 0 Å². The van der Waals surface area contributed by atoms with Crippen molar-refractivity contribution in [1.82, 2.24) is 9.38 Å². The molecule has 0 saturated carbocycles. The lowest BCUT2D eigenvalue weighted by molar-refractivity contribution is 0.299. The van der Waals surface area contributed by atoms with Crippen molar-refractivity contribution in [3.05, 3.63) is 47.2 Å². The first kappa shape index (κ1) is 12.5. The van der Waals surface area contributed by atoms with Crippen LogP contribution in [0.5, 0.6) is 11.5 Å². The predicted molar refractivity (Wildman–Crippen MR) is 75.1 cm³/mol. The molecule has 1 aromatic carbocycles. The van der Waals surface area contributed by atoms with E-state index in [1.54, 1.807) is 36.6 Å². The van der Waals surface area contributed by atoms with Gasteiger partial charge in [-0.15, -0.1) is 11.3 Å². The number of nitrogens with zero attached hydrogens (tertiary/aromatic N) is 3. The van der Waals surface area contributed by atoms with Crippen LogP contribution >= 0.6 is 11.3 Å². The van der Waals surface area contributed by atoms with Gasteiger partial charge in [-0.25, -0.2) is 4.98 Å². The summed E-state index contributed by atoms with van der Waals surface area (Å²) in [5.74, 6) is 1.20. The zero-order chi connectivity index (χ0) is 13.9. The number of methoxy groups -OCH3 is 1. The molecule has 5 nitrogen and oxygen atoms in total. The summed E-state index contributed by atoms with van der Waals surface area (Å²) in [4.78, 5) is 5.37. The first-order chi connectivity index (χ1) is 9.78. The van der Waals surface area contributed by atoms with Gasteiger partial charge in [0.2, 0.25) is 0 Å². The molecular formula is C14H11N3O2S. The number of benzene rings is 1. The van der Waals surface area contributed by atoms with Gasteiger partial charge in [0.15, 0.2) is 4.96 Å². The summed E-state index contributed by atoms with van der Waals surface area (Å²) in [6.07, 6.45) is 3.88. The Hall–Kier alpha value is -2.52. The second-order valence-electron chi connectivity index (χ2n) is 4.12. The van der Waals surface area contributed by atoms with E-state index in [0.29, 0.717) is 23.7 Å². The second kappa shape index (κ2) is 5.23. The zero-order valence-corrected chi connectivity index (χ0v) is 11.6. The minimum absolute atomic E-state index is 0.354. The molecule has 0 unspecified atom stereocenters. The first-order valence-corrected chi connectivity index (χ1v) is 6.79. The fourth-order valence-electron chi connectivity index (χ4n) is 1.84. The molecule has 0 atom stereocenters. The van der Waals surface area contributed by atoms with Gasteiger partial charge in [0, 0.05) is 23.8 Å². The molecule has 0 amide bonds. The highest BCUT2D eigenvalue weighted by molar-refractivity contribution is 7.15. The molecular weight excluding hydrogens is 274 g/mol. The number of imidazole rings is 1. The molecule has 0 aliphatic carbocycles. The topological polar surface area (TPSA) is 59.5 Å². The van der Waals surface area contributed by atoms with E-state index < -0.39 is 0 Å². The molecule has 0 spiro atoms. The summed E-state index contributed by atoms with van der Waals surface area (Å²) >= 11 is 1.58. The minimum atomic E-state index is 0.354. The second-order valence-corrected chi connectivity index (χ2v) is 5.00. The van der Waals surface area contributed by atoms with Gasteiger partial charge in [0.05, 0.1) is 24.4 Å². The maximum atomic E-state index is 8.96. The van der Waals surface area contributed by atoms with Crippen LogP contribution in [0, 0.1) is 11.3 Å². The molecule has 3 aromatic rings. The van der Waals surface area contributed by atoms with Gasteiger partial charge >= 0.3 is 0 Å².